The number of ether oxygens (including phenoxy) is 4. The maximum atomic E-state index is 12.7. The Hall–Kier alpha value is -1.73. The third kappa shape index (κ3) is 7.14. The van der Waals surface area contributed by atoms with E-state index >= 15 is 0 Å². The second-order valence-electron chi connectivity index (χ2n) is 10.2. The van der Waals surface area contributed by atoms with Gasteiger partial charge in [0.25, 0.3) is 0 Å². The summed E-state index contributed by atoms with van der Waals surface area (Å²) in [5.41, 5.74) is -0.207. The summed E-state index contributed by atoms with van der Waals surface area (Å²) in [7, 11) is 0. The maximum Gasteiger partial charge on any atom is 0.303 e. The van der Waals surface area contributed by atoms with E-state index < -0.39 is 5.60 Å². The lowest BCUT2D eigenvalue weighted by atomic mass is 9.85. The van der Waals surface area contributed by atoms with Crippen molar-refractivity contribution >= 4 is 17.7 Å². The molecule has 2 saturated heterocycles. The van der Waals surface area contributed by atoms with Crippen LogP contribution in [0.5, 0.6) is 0 Å². The highest BCUT2D eigenvalue weighted by atomic mass is 16.6. The predicted octanol–water partition coefficient (Wildman–Crippen LogP) is 4.31. The maximum absolute atomic E-state index is 12.7. The van der Waals surface area contributed by atoms with Crippen LogP contribution >= 0.6 is 0 Å². The molecule has 0 aliphatic carbocycles. The molecular formula is C25H40O7. The lowest BCUT2D eigenvalue weighted by Crippen LogP contribution is -2.43. The smallest absolute Gasteiger partial charge is 0.303 e. The molecule has 0 aromatic heterocycles. The molecule has 2 rings (SSSR count). The van der Waals surface area contributed by atoms with E-state index in [1.807, 2.05) is 40.7 Å². The molecule has 0 radical (unpaired) electrons. The molecule has 182 valence electrons. The van der Waals surface area contributed by atoms with Crippen molar-refractivity contribution in [2.45, 2.75) is 110 Å². The second-order valence-corrected chi connectivity index (χ2v) is 10.2. The third-order valence-corrected chi connectivity index (χ3v) is 7.05. The van der Waals surface area contributed by atoms with Crippen molar-refractivity contribution in [1.82, 2.24) is 0 Å². The van der Waals surface area contributed by atoms with Crippen LogP contribution in [-0.2, 0) is 33.3 Å². The molecule has 0 amide bonds. The number of hydrogen-bond acceptors (Lipinski definition) is 7. The number of Topliss-reactive ketones (excluding diaryl/α,β-unsaturated/α-hetero) is 1. The Morgan fingerprint density at radius 2 is 1.81 bits per heavy atom. The Morgan fingerprint density at radius 3 is 2.38 bits per heavy atom. The number of carbonyl (C=O) groups excluding carboxylic acids is 3. The molecule has 0 aromatic rings. The quantitative estimate of drug-likeness (QED) is 0.277. The Balaban J connectivity index is 1.93. The van der Waals surface area contributed by atoms with Crippen LogP contribution < -0.4 is 0 Å². The molecule has 7 heteroatoms. The van der Waals surface area contributed by atoms with Gasteiger partial charge in [-0.25, -0.2) is 0 Å². The summed E-state index contributed by atoms with van der Waals surface area (Å²) in [5.74, 6) is -0.501. The van der Waals surface area contributed by atoms with Crippen LogP contribution in [0.4, 0.5) is 0 Å². The van der Waals surface area contributed by atoms with Gasteiger partial charge in [-0.15, -0.1) is 0 Å². The van der Waals surface area contributed by atoms with Crippen LogP contribution in [0.1, 0.15) is 87.0 Å². The fraction of sp³-hybridized carbons (Fsp3) is 0.800. The number of hydrogen-bond donors (Lipinski definition) is 0. The van der Waals surface area contributed by atoms with Crippen molar-refractivity contribution in [1.29, 1.82) is 0 Å². The van der Waals surface area contributed by atoms with Crippen LogP contribution in [0.25, 0.3) is 0 Å². The minimum atomic E-state index is -0.640. The van der Waals surface area contributed by atoms with E-state index in [2.05, 4.69) is 0 Å². The molecule has 2 aliphatic heterocycles. The third-order valence-electron chi connectivity index (χ3n) is 7.05. The highest BCUT2D eigenvalue weighted by Crippen LogP contribution is 2.50. The zero-order valence-electron chi connectivity index (χ0n) is 20.7. The molecule has 0 N–H and O–H groups in total. The highest BCUT2D eigenvalue weighted by molar-refractivity contribution is 5.82. The summed E-state index contributed by atoms with van der Waals surface area (Å²) >= 11 is 0. The van der Waals surface area contributed by atoms with Gasteiger partial charge in [-0.1, -0.05) is 6.92 Å². The number of carbonyl (C=O) groups is 3. The molecule has 2 fully saturated rings. The number of esters is 2. The highest BCUT2D eigenvalue weighted by Gasteiger charge is 2.60. The molecule has 7 nitrogen and oxygen atoms in total. The molecule has 2 heterocycles. The van der Waals surface area contributed by atoms with Gasteiger partial charge >= 0.3 is 11.9 Å². The van der Waals surface area contributed by atoms with Crippen molar-refractivity contribution < 1.29 is 33.3 Å². The zero-order valence-corrected chi connectivity index (χ0v) is 20.7. The second kappa shape index (κ2) is 10.5. The van der Waals surface area contributed by atoms with E-state index in [0.29, 0.717) is 32.3 Å². The molecule has 0 saturated carbocycles. The zero-order chi connectivity index (χ0) is 24.2. The Bertz CT molecular complexity index is 741. The predicted molar refractivity (Wildman–Crippen MR) is 120 cm³/mol. The average molecular weight is 453 g/mol. The van der Waals surface area contributed by atoms with Crippen molar-refractivity contribution in [3.05, 3.63) is 11.6 Å². The average Bonchev–Trinajstić information content (AvgIpc) is 3.21. The Kier molecular flexibility index (Phi) is 8.68. The standard InChI is InChI=1S/C25H40O7/c1-17(21(28)15-25(7)23(4,5)32-25)9-8-13-24(6)22(31-19(3)27)11-10-20(16-30-24)12-14-29-18(2)26/h12,17,22H,8-11,13-16H2,1-7H3/b20-12+/t17?,22-,24?,25?/m1/s1. The summed E-state index contributed by atoms with van der Waals surface area (Å²) in [5, 5.41) is 0. The molecular weight excluding hydrogens is 412 g/mol. The van der Waals surface area contributed by atoms with Gasteiger partial charge in [-0.2, -0.15) is 0 Å². The Labute approximate surface area is 192 Å². The van der Waals surface area contributed by atoms with Gasteiger partial charge in [-0.3, -0.25) is 14.4 Å². The number of epoxide rings is 1. The molecule has 0 bridgehead atoms. The monoisotopic (exact) mass is 452 g/mol. The van der Waals surface area contributed by atoms with Gasteiger partial charge in [-0.05, 0) is 71.4 Å². The van der Waals surface area contributed by atoms with E-state index in [1.54, 1.807) is 0 Å². The fourth-order valence-corrected chi connectivity index (χ4v) is 4.31. The van der Waals surface area contributed by atoms with Gasteiger partial charge in [0.15, 0.2) is 0 Å². The van der Waals surface area contributed by atoms with Gasteiger partial charge in [0.1, 0.15) is 29.7 Å². The summed E-state index contributed by atoms with van der Waals surface area (Å²) in [6, 6.07) is 0. The van der Waals surface area contributed by atoms with Crippen molar-refractivity contribution in [3.8, 4) is 0 Å². The van der Waals surface area contributed by atoms with E-state index in [-0.39, 0.29) is 47.6 Å². The van der Waals surface area contributed by atoms with E-state index in [4.69, 9.17) is 18.9 Å². The number of ketones is 1. The first-order valence-electron chi connectivity index (χ1n) is 11.6. The summed E-state index contributed by atoms with van der Waals surface area (Å²) in [6.07, 6.45) is 5.48. The first-order valence-corrected chi connectivity index (χ1v) is 11.6. The van der Waals surface area contributed by atoms with Crippen LogP contribution in [0.15, 0.2) is 11.6 Å². The van der Waals surface area contributed by atoms with Gasteiger partial charge < -0.3 is 18.9 Å². The lowest BCUT2D eigenvalue weighted by molar-refractivity contribution is -0.167. The first kappa shape index (κ1) is 26.5. The van der Waals surface area contributed by atoms with Crippen molar-refractivity contribution in [2.24, 2.45) is 5.92 Å². The van der Waals surface area contributed by atoms with Crippen molar-refractivity contribution in [2.75, 3.05) is 13.2 Å². The molecule has 32 heavy (non-hydrogen) atoms. The SMILES string of the molecule is CC(=O)OC/C=C1\CC[C@@H](OC(C)=O)C(C)(CCCC(C)C(=O)CC2(C)OC2(C)C)OC1. The Morgan fingerprint density at radius 1 is 1.16 bits per heavy atom. The molecule has 2 aliphatic rings. The summed E-state index contributed by atoms with van der Waals surface area (Å²) in [6.45, 7) is 13.4. The molecule has 0 spiro atoms. The van der Waals surface area contributed by atoms with E-state index in [9.17, 15) is 14.4 Å². The van der Waals surface area contributed by atoms with Crippen LogP contribution in [-0.4, -0.2) is 53.8 Å². The van der Waals surface area contributed by atoms with Crippen LogP contribution in [0.3, 0.4) is 0 Å². The minimum Gasteiger partial charge on any atom is -0.462 e. The molecule has 4 atom stereocenters. The summed E-state index contributed by atoms with van der Waals surface area (Å²) < 4.78 is 22.6. The molecule has 3 unspecified atom stereocenters. The fourth-order valence-electron chi connectivity index (χ4n) is 4.31. The van der Waals surface area contributed by atoms with Gasteiger partial charge in [0.2, 0.25) is 0 Å². The topological polar surface area (TPSA) is 91.4 Å². The largest absolute Gasteiger partial charge is 0.462 e. The van der Waals surface area contributed by atoms with Crippen molar-refractivity contribution in [3.63, 3.8) is 0 Å². The minimum absolute atomic E-state index is 0.0624. The van der Waals surface area contributed by atoms with E-state index in [1.165, 1.54) is 13.8 Å². The van der Waals surface area contributed by atoms with Crippen LogP contribution in [0, 0.1) is 5.92 Å². The molecule has 0 aromatic carbocycles. The number of rotatable bonds is 10. The first-order chi connectivity index (χ1) is 14.8. The normalized spacial score (nSPS) is 31.5. The van der Waals surface area contributed by atoms with Gasteiger partial charge in [0.05, 0.1) is 12.2 Å². The summed E-state index contributed by atoms with van der Waals surface area (Å²) in [4.78, 5) is 35.4. The van der Waals surface area contributed by atoms with Gasteiger partial charge in [0, 0.05) is 26.2 Å². The van der Waals surface area contributed by atoms with E-state index in [0.717, 1.165) is 18.4 Å². The van der Waals surface area contributed by atoms with Crippen LogP contribution in [0.2, 0.25) is 0 Å². The lowest BCUT2D eigenvalue weighted by Gasteiger charge is -2.35.